The van der Waals surface area contributed by atoms with Gasteiger partial charge in [-0.1, -0.05) is 61.4 Å². The Morgan fingerprint density at radius 3 is 1.94 bits per heavy atom. The summed E-state index contributed by atoms with van der Waals surface area (Å²) in [6.45, 7) is 7.74. The molecule has 0 bridgehead atoms. The van der Waals surface area contributed by atoms with Gasteiger partial charge in [0.05, 0.1) is 0 Å². The van der Waals surface area contributed by atoms with Gasteiger partial charge in [0.1, 0.15) is 0 Å². The lowest BCUT2D eigenvalue weighted by molar-refractivity contribution is 0.226. The summed E-state index contributed by atoms with van der Waals surface area (Å²) in [5.41, 5.74) is 8.83. The summed E-state index contributed by atoms with van der Waals surface area (Å²) in [5.74, 6) is 0. The Hall–Kier alpha value is -2.16. The van der Waals surface area contributed by atoms with Crippen LogP contribution in [0.2, 0.25) is 0 Å². The largest absolute Gasteiger partial charge is 0.303 e. The topological polar surface area (TPSA) is 6.48 Å². The molecule has 0 unspecified atom stereocenters. The first-order valence-electron chi connectivity index (χ1n) is 14.0. The molecule has 1 aliphatic carbocycles. The van der Waals surface area contributed by atoms with Crippen LogP contribution in [0.1, 0.15) is 62.5 Å². The Bertz CT molecular complexity index is 1140. The maximum atomic E-state index is 2.67. The Morgan fingerprint density at radius 1 is 0.559 bits per heavy atom. The summed E-state index contributed by atoms with van der Waals surface area (Å²) in [4.78, 5) is 5.34. The quantitative estimate of drug-likeness (QED) is 0.276. The third kappa shape index (κ3) is 4.55. The second-order valence-corrected chi connectivity index (χ2v) is 10.9. The van der Waals surface area contributed by atoms with E-state index in [0.717, 1.165) is 0 Å². The van der Waals surface area contributed by atoms with Crippen LogP contribution < -0.4 is 0 Å². The molecule has 2 heteroatoms. The van der Waals surface area contributed by atoms with Gasteiger partial charge < -0.3 is 9.80 Å². The molecule has 2 fully saturated rings. The van der Waals surface area contributed by atoms with Crippen LogP contribution in [-0.2, 0) is 12.8 Å². The lowest BCUT2D eigenvalue weighted by Crippen LogP contribution is -2.30. The minimum Gasteiger partial charge on any atom is -0.303 e. The van der Waals surface area contributed by atoms with Gasteiger partial charge >= 0.3 is 0 Å². The minimum absolute atomic E-state index is 1.19. The van der Waals surface area contributed by atoms with E-state index in [-0.39, 0.29) is 0 Å². The highest BCUT2D eigenvalue weighted by molar-refractivity contribution is 6.16. The molecular formula is C32H40N2. The van der Waals surface area contributed by atoms with Crippen LogP contribution in [0.5, 0.6) is 0 Å². The zero-order valence-electron chi connectivity index (χ0n) is 20.8. The highest BCUT2D eigenvalue weighted by Gasteiger charge is 2.22. The normalized spacial score (nSPS) is 18.5. The molecule has 0 amide bonds. The third-order valence-corrected chi connectivity index (χ3v) is 8.55. The van der Waals surface area contributed by atoms with Crippen LogP contribution in [0.4, 0.5) is 0 Å². The Balaban J connectivity index is 1.18. The van der Waals surface area contributed by atoms with Crippen molar-refractivity contribution in [2.24, 2.45) is 0 Å². The summed E-state index contributed by atoms with van der Waals surface area (Å²) in [6.07, 6.45) is 13.3. The fraction of sp³-hybridized carbons (Fsp3) is 0.500. The van der Waals surface area contributed by atoms with Gasteiger partial charge in [0.25, 0.3) is 0 Å². The Labute approximate surface area is 206 Å². The van der Waals surface area contributed by atoms with Gasteiger partial charge in [-0.3, -0.25) is 0 Å². The predicted octanol–water partition coefficient (Wildman–Crippen LogP) is 7.32. The molecule has 0 saturated carbocycles. The molecule has 3 aliphatic rings. The maximum Gasteiger partial charge on any atom is -0.00156 e. The Morgan fingerprint density at radius 2 is 1.21 bits per heavy atom. The Kier molecular flexibility index (Phi) is 6.71. The molecule has 2 nitrogen and oxygen atoms in total. The zero-order chi connectivity index (χ0) is 22.7. The van der Waals surface area contributed by atoms with E-state index in [1.165, 1.54) is 148 Å². The molecule has 0 N–H and O–H groups in total. The van der Waals surface area contributed by atoms with E-state index in [4.69, 9.17) is 0 Å². The molecule has 2 aliphatic heterocycles. The monoisotopic (exact) mass is 452 g/mol. The molecule has 2 heterocycles. The first-order valence-corrected chi connectivity index (χ1v) is 14.0. The van der Waals surface area contributed by atoms with Crippen molar-refractivity contribution in [1.82, 2.24) is 9.80 Å². The van der Waals surface area contributed by atoms with E-state index < -0.39 is 0 Å². The van der Waals surface area contributed by atoms with E-state index in [1.807, 2.05) is 0 Å². The molecular weight excluding hydrogens is 412 g/mol. The first-order chi connectivity index (χ1) is 16.9. The molecule has 34 heavy (non-hydrogen) atoms. The lowest BCUT2D eigenvalue weighted by Gasteiger charge is -2.26. The van der Waals surface area contributed by atoms with Crippen molar-refractivity contribution in [1.29, 1.82) is 0 Å². The van der Waals surface area contributed by atoms with Gasteiger partial charge in [0.15, 0.2) is 0 Å². The van der Waals surface area contributed by atoms with Crippen molar-refractivity contribution in [2.75, 3.05) is 39.3 Å². The fourth-order valence-corrected chi connectivity index (χ4v) is 6.70. The molecule has 0 spiro atoms. The molecule has 2 saturated heterocycles. The van der Waals surface area contributed by atoms with Crippen molar-refractivity contribution in [3.63, 3.8) is 0 Å². The van der Waals surface area contributed by atoms with Gasteiger partial charge in [0, 0.05) is 0 Å². The summed E-state index contributed by atoms with van der Waals surface area (Å²) >= 11 is 0. The molecule has 0 atom stereocenters. The molecule has 0 aromatic heterocycles. The van der Waals surface area contributed by atoms with Crippen molar-refractivity contribution >= 4 is 10.8 Å². The molecule has 178 valence electrons. The van der Waals surface area contributed by atoms with E-state index in [1.54, 1.807) is 0 Å². The van der Waals surface area contributed by atoms with Gasteiger partial charge in [-0.05, 0) is 135 Å². The number of piperidine rings is 2. The smallest absolute Gasteiger partial charge is 0.00156 e. The number of rotatable bonds is 8. The number of likely N-dealkylation sites (tertiary alicyclic amines) is 2. The van der Waals surface area contributed by atoms with Crippen molar-refractivity contribution in [3.8, 4) is 22.3 Å². The fourth-order valence-electron chi connectivity index (χ4n) is 6.70. The molecule has 3 aromatic carbocycles. The van der Waals surface area contributed by atoms with Crippen LogP contribution in [0, 0.1) is 0 Å². The summed E-state index contributed by atoms with van der Waals surface area (Å²) in [7, 11) is 0. The molecule has 0 radical (unpaired) electrons. The number of fused-ring (bicyclic) bond motifs is 3. The number of aryl methyl sites for hydroxylation is 2. The minimum atomic E-state index is 1.19. The van der Waals surface area contributed by atoms with Crippen LogP contribution in [-0.4, -0.2) is 49.1 Å². The summed E-state index contributed by atoms with van der Waals surface area (Å²) in [5, 5.41) is 2.98. The first kappa shape index (κ1) is 22.3. The third-order valence-electron chi connectivity index (χ3n) is 8.55. The summed E-state index contributed by atoms with van der Waals surface area (Å²) in [6, 6.07) is 19.1. The number of benzene rings is 3. The van der Waals surface area contributed by atoms with E-state index in [2.05, 4.69) is 58.3 Å². The van der Waals surface area contributed by atoms with E-state index in [9.17, 15) is 0 Å². The predicted molar refractivity (Wildman–Crippen MR) is 146 cm³/mol. The number of hydrogen-bond donors (Lipinski definition) is 0. The molecule has 3 aromatic rings. The number of nitrogens with zero attached hydrogens (tertiary/aromatic N) is 2. The van der Waals surface area contributed by atoms with Crippen LogP contribution in [0.25, 0.3) is 33.0 Å². The zero-order valence-corrected chi connectivity index (χ0v) is 20.8. The van der Waals surface area contributed by atoms with E-state index in [0.29, 0.717) is 0 Å². The SMILES string of the molecule is c1cc2c3c(ccc(CCCN4CCCCC4)c3c1)-c1cc(CCCN3CCCCC3)ccc1-2. The summed E-state index contributed by atoms with van der Waals surface area (Å²) < 4.78 is 0. The average Bonchev–Trinajstić information content (AvgIpc) is 3.21. The van der Waals surface area contributed by atoms with Gasteiger partial charge in [-0.25, -0.2) is 0 Å². The van der Waals surface area contributed by atoms with Crippen LogP contribution in [0.3, 0.4) is 0 Å². The maximum absolute atomic E-state index is 2.67. The second-order valence-electron chi connectivity index (χ2n) is 10.9. The van der Waals surface area contributed by atoms with Crippen molar-refractivity contribution in [3.05, 3.63) is 59.7 Å². The van der Waals surface area contributed by atoms with Crippen LogP contribution in [0.15, 0.2) is 48.5 Å². The van der Waals surface area contributed by atoms with Gasteiger partial charge in [-0.15, -0.1) is 0 Å². The van der Waals surface area contributed by atoms with Gasteiger partial charge in [0.2, 0.25) is 0 Å². The highest BCUT2D eigenvalue weighted by atomic mass is 15.1. The number of hydrogen-bond acceptors (Lipinski definition) is 2. The second kappa shape index (κ2) is 10.2. The lowest BCUT2D eigenvalue weighted by atomic mass is 9.95. The van der Waals surface area contributed by atoms with E-state index >= 15 is 0 Å². The van der Waals surface area contributed by atoms with Crippen molar-refractivity contribution < 1.29 is 0 Å². The highest BCUT2D eigenvalue weighted by Crippen LogP contribution is 2.48. The molecule has 6 rings (SSSR count). The van der Waals surface area contributed by atoms with Crippen molar-refractivity contribution in [2.45, 2.75) is 64.2 Å². The standard InChI is InChI=1S/C32H40N2/c1-3-18-33(19-4-1)22-8-10-25-14-16-28-29-13-7-12-27-26(11-9-23-34-20-5-2-6-21-34)15-17-30(32(27)29)31(28)24-25/h7,12-17,24H,1-6,8-11,18-23H2. The van der Waals surface area contributed by atoms with Gasteiger partial charge in [-0.2, -0.15) is 0 Å². The van der Waals surface area contributed by atoms with Crippen LogP contribution >= 0.6 is 0 Å². The average molecular weight is 453 g/mol.